The molecule has 24 heavy (non-hydrogen) atoms. The standard InChI is InChI=1S/C17H11FN2O3S/c18-12-3-1-2-4-13(12)19-17-20-15(21)14(24-17)9-10-5-7-11(8-6-10)16(22)23/h1-9H,(H,22,23)(H,19,20,21)/b14-9+. The van der Waals surface area contributed by atoms with Gasteiger partial charge in [0.15, 0.2) is 5.17 Å². The van der Waals surface area contributed by atoms with Crippen LogP contribution in [-0.4, -0.2) is 22.2 Å². The van der Waals surface area contributed by atoms with Crippen molar-refractivity contribution in [3.63, 3.8) is 0 Å². The van der Waals surface area contributed by atoms with Crippen molar-refractivity contribution in [3.05, 3.63) is 70.4 Å². The molecule has 1 heterocycles. The van der Waals surface area contributed by atoms with Gasteiger partial charge in [-0.2, -0.15) is 0 Å². The average Bonchev–Trinajstić information content (AvgIpc) is 2.90. The van der Waals surface area contributed by atoms with Crippen LogP contribution in [-0.2, 0) is 4.79 Å². The van der Waals surface area contributed by atoms with E-state index in [2.05, 4.69) is 10.3 Å². The number of carboxylic acids is 1. The van der Waals surface area contributed by atoms with Crippen molar-refractivity contribution in [1.29, 1.82) is 0 Å². The number of amides is 1. The Bertz CT molecular complexity index is 876. The Balaban J connectivity index is 1.82. The van der Waals surface area contributed by atoms with Crippen molar-refractivity contribution in [2.75, 3.05) is 0 Å². The molecule has 2 N–H and O–H groups in total. The summed E-state index contributed by atoms with van der Waals surface area (Å²) in [5.41, 5.74) is 1.000. The minimum absolute atomic E-state index is 0.146. The maximum Gasteiger partial charge on any atom is 0.335 e. The van der Waals surface area contributed by atoms with Gasteiger partial charge in [-0.3, -0.25) is 4.79 Å². The van der Waals surface area contributed by atoms with Crippen molar-refractivity contribution in [3.8, 4) is 0 Å². The molecule has 3 rings (SSSR count). The molecule has 0 aliphatic carbocycles. The van der Waals surface area contributed by atoms with E-state index in [0.29, 0.717) is 15.6 Å². The Hall–Kier alpha value is -2.93. The van der Waals surface area contributed by atoms with Crippen LogP contribution in [0.2, 0.25) is 0 Å². The lowest BCUT2D eigenvalue weighted by molar-refractivity contribution is -0.115. The lowest BCUT2D eigenvalue weighted by Gasteiger charge is -1.97. The Morgan fingerprint density at radius 1 is 1.17 bits per heavy atom. The van der Waals surface area contributed by atoms with Gasteiger partial charge in [-0.15, -0.1) is 0 Å². The predicted molar refractivity (Wildman–Crippen MR) is 90.6 cm³/mol. The first-order valence-electron chi connectivity index (χ1n) is 6.90. The number of para-hydroxylation sites is 1. The number of hydrogen-bond acceptors (Lipinski definition) is 4. The van der Waals surface area contributed by atoms with Gasteiger partial charge in [0.05, 0.1) is 10.5 Å². The summed E-state index contributed by atoms with van der Waals surface area (Å²) in [7, 11) is 0. The highest BCUT2D eigenvalue weighted by atomic mass is 32.2. The molecule has 0 aromatic heterocycles. The number of benzene rings is 2. The molecule has 1 amide bonds. The van der Waals surface area contributed by atoms with Gasteiger partial charge in [-0.25, -0.2) is 14.2 Å². The fourth-order valence-electron chi connectivity index (χ4n) is 2.01. The van der Waals surface area contributed by atoms with Crippen molar-refractivity contribution in [2.45, 2.75) is 0 Å². The van der Waals surface area contributed by atoms with E-state index in [1.807, 2.05) is 0 Å². The topological polar surface area (TPSA) is 78.8 Å². The van der Waals surface area contributed by atoms with Crippen LogP contribution in [0.15, 0.2) is 58.4 Å². The van der Waals surface area contributed by atoms with Gasteiger partial charge in [0.1, 0.15) is 11.5 Å². The molecule has 0 bridgehead atoms. The van der Waals surface area contributed by atoms with Gasteiger partial charge in [0.25, 0.3) is 5.91 Å². The van der Waals surface area contributed by atoms with E-state index in [1.165, 1.54) is 24.3 Å². The van der Waals surface area contributed by atoms with E-state index >= 15 is 0 Å². The van der Waals surface area contributed by atoms with Crippen LogP contribution in [0.3, 0.4) is 0 Å². The molecule has 0 atom stereocenters. The SMILES string of the molecule is O=C1NC(=Nc2ccccc2F)S/C1=C/c1ccc(C(=O)O)cc1. The number of aliphatic imine (C=N–C) groups is 1. The molecule has 1 aliphatic heterocycles. The van der Waals surface area contributed by atoms with E-state index in [9.17, 15) is 14.0 Å². The number of nitrogens with one attached hydrogen (secondary N) is 1. The lowest BCUT2D eigenvalue weighted by Crippen LogP contribution is -2.19. The Labute approximate surface area is 140 Å². The summed E-state index contributed by atoms with van der Waals surface area (Å²) in [5.74, 6) is -1.82. The molecule has 1 fully saturated rings. The van der Waals surface area contributed by atoms with E-state index in [-0.39, 0.29) is 17.2 Å². The summed E-state index contributed by atoms with van der Waals surface area (Å²) in [6.07, 6.45) is 1.62. The highest BCUT2D eigenvalue weighted by Crippen LogP contribution is 2.28. The molecule has 1 saturated heterocycles. The van der Waals surface area contributed by atoms with Crippen LogP contribution < -0.4 is 5.32 Å². The zero-order valence-corrected chi connectivity index (χ0v) is 13.0. The van der Waals surface area contributed by atoms with Gasteiger partial charge in [0.2, 0.25) is 0 Å². The minimum Gasteiger partial charge on any atom is -0.478 e. The smallest absolute Gasteiger partial charge is 0.335 e. The highest BCUT2D eigenvalue weighted by Gasteiger charge is 2.24. The molecular weight excluding hydrogens is 331 g/mol. The van der Waals surface area contributed by atoms with Crippen LogP contribution in [0.25, 0.3) is 6.08 Å². The van der Waals surface area contributed by atoms with E-state index in [1.54, 1.807) is 30.3 Å². The highest BCUT2D eigenvalue weighted by molar-refractivity contribution is 8.18. The number of aromatic carboxylic acids is 1. The minimum atomic E-state index is -1.01. The van der Waals surface area contributed by atoms with Gasteiger partial charge in [-0.05, 0) is 47.7 Å². The summed E-state index contributed by atoms with van der Waals surface area (Å²) in [6, 6.07) is 12.2. The third-order valence-corrected chi connectivity index (χ3v) is 4.09. The second kappa shape index (κ2) is 6.67. The quantitative estimate of drug-likeness (QED) is 0.838. The van der Waals surface area contributed by atoms with E-state index in [4.69, 9.17) is 5.11 Å². The molecule has 120 valence electrons. The first-order valence-corrected chi connectivity index (χ1v) is 7.72. The third kappa shape index (κ3) is 3.52. The van der Waals surface area contributed by atoms with Crippen LogP contribution in [0.5, 0.6) is 0 Å². The molecule has 0 spiro atoms. The van der Waals surface area contributed by atoms with Gasteiger partial charge in [0, 0.05) is 0 Å². The number of amidine groups is 1. The van der Waals surface area contributed by atoms with E-state index in [0.717, 1.165) is 11.8 Å². The zero-order valence-electron chi connectivity index (χ0n) is 12.2. The van der Waals surface area contributed by atoms with Crippen molar-refractivity contribution < 1.29 is 19.1 Å². The fourth-order valence-corrected chi connectivity index (χ4v) is 2.84. The number of thioether (sulfide) groups is 1. The number of hydrogen-bond donors (Lipinski definition) is 2. The predicted octanol–water partition coefficient (Wildman–Crippen LogP) is 3.42. The maximum absolute atomic E-state index is 13.6. The van der Waals surface area contributed by atoms with Gasteiger partial charge >= 0.3 is 5.97 Å². The summed E-state index contributed by atoms with van der Waals surface area (Å²) in [5, 5.41) is 11.7. The average molecular weight is 342 g/mol. The second-order valence-electron chi connectivity index (χ2n) is 4.86. The fraction of sp³-hybridized carbons (Fsp3) is 0. The molecule has 2 aromatic rings. The molecule has 5 nitrogen and oxygen atoms in total. The monoisotopic (exact) mass is 342 g/mol. The van der Waals surface area contributed by atoms with Crippen LogP contribution >= 0.6 is 11.8 Å². The number of rotatable bonds is 3. The first-order chi connectivity index (χ1) is 11.5. The third-order valence-electron chi connectivity index (χ3n) is 3.18. The molecule has 1 aliphatic rings. The van der Waals surface area contributed by atoms with Crippen molar-refractivity contribution in [1.82, 2.24) is 5.32 Å². The Morgan fingerprint density at radius 3 is 2.54 bits per heavy atom. The van der Waals surface area contributed by atoms with Gasteiger partial charge in [-0.1, -0.05) is 24.3 Å². The van der Waals surface area contributed by atoms with E-state index < -0.39 is 11.8 Å². The Kier molecular flexibility index (Phi) is 4.43. The number of carboxylic acid groups (broad SMARTS) is 1. The summed E-state index contributed by atoms with van der Waals surface area (Å²) < 4.78 is 13.6. The molecule has 2 aromatic carbocycles. The normalized spacial score (nSPS) is 17.3. The molecular formula is C17H11FN2O3S. The van der Waals surface area contributed by atoms with Gasteiger partial charge < -0.3 is 10.4 Å². The second-order valence-corrected chi connectivity index (χ2v) is 5.89. The van der Waals surface area contributed by atoms with Crippen molar-refractivity contribution in [2.24, 2.45) is 4.99 Å². The maximum atomic E-state index is 13.6. The summed E-state index contributed by atoms with van der Waals surface area (Å²) >= 11 is 1.10. The van der Waals surface area contributed by atoms with Crippen LogP contribution in [0, 0.1) is 5.82 Å². The zero-order chi connectivity index (χ0) is 17.1. The Morgan fingerprint density at radius 2 is 1.88 bits per heavy atom. The largest absolute Gasteiger partial charge is 0.478 e. The van der Waals surface area contributed by atoms with Crippen LogP contribution in [0.1, 0.15) is 15.9 Å². The number of halogens is 1. The summed E-state index contributed by atoms with van der Waals surface area (Å²) in [6.45, 7) is 0. The number of carbonyl (C=O) groups excluding carboxylic acids is 1. The molecule has 0 unspecified atom stereocenters. The lowest BCUT2D eigenvalue weighted by atomic mass is 10.1. The van der Waals surface area contributed by atoms with Crippen LogP contribution in [0.4, 0.5) is 10.1 Å². The number of nitrogens with zero attached hydrogens (tertiary/aromatic N) is 1. The number of carbonyl (C=O) groups is 2. The molecule has 7 heteroatoms. The molecule has 0 radical (unpaired) electrons. The molecule has 0 saturated carbocycles. The first kappa shape index (κ1) is 15.9. The summed E-state index contributed by atoms with van der Waals surface area (Å²) in [4.78, 5) is 27.3. The van der Waals surface area contributed by atoms with Crippen molar-refractivity contribution >= 4 is 40.6 Å².